The van der Waals surface area contributed by atoms with Crippen molar-refractivity contribution in [1.29, 1.82) is 0 Å². The predicted molar refractivity (Wildman–Crippen MR) is 163 cm³/mol. The van der Waals surface area contributed by atoms with Crippen molar-refractivity contribution in [3.8, 4) is 17.8 Å². The summed E-state index contributed by atoms with van der Waals surface area (Å²) < 4.78 is 13.4. The molecule has 10 heteroatoms. The molecule has 0 unspecified atom stereocenters. The summed E-state index contributed by atoms with van der Waals surface area (Å²) in [7, 11) is 3.57. The lowest BCUT2D eigenvalue weighted by Crippen LogP contribution is -2.52. The zero-order chi connectivity index (χ0) is 29.3. The molecule has 3 aromatic heterocycles. The van der Waals surface area contributed by atoms with Crippen LogP contribution >= 0.6 is 0 Å². The van der Waals surface area contributed by atoms with E-state index < -0.39 is 0 Å². The number of methoxy groups -OCH3 is 2. The Balaban J connectivity index is 1.13. The molecule has 3 aliphatic rings. The molecule has 6 rings (SSSR count). The molecule has 2 aliphatic heterocycles. The van der Waals surface area contributed by atoms with E-state index in [-0.39, 0.29) is 23.5 Å². The summed E-state index contributed by atoms with van der Waals surface area (Å²) in [5.41, 5.74) is 4.89. The van der Waals surface area contributed by atoms with Crippen LogP contribution in [0.5, 0.6) is 0 Å². The minimum atomic E-state index is -0.321. The first-order valence-electron chi connectivity index (χ1n) is 15.1. The van der Waals surface area contributed by atoms with Crippen molar-refractivity contribution < 1.29 is 14.3 Å². The van der Waals surface area contributed by atoms with Crippen LogP contribution in [0.2, 0.25) is 0 Å². The van der Waals surface area contributed by atoms with Crippen LogP contribution in [0, 0.1) is 12.5 Å². The quantitative estimate of drug-likeness (QED) is 0.407. The van der Waals surface area contributed by atoms with Gasteiger partial charge < -0.3 is 19.3 Å². The summed E-state index contributed by atoms with van der Waals surface area (Å²) in [6.45, 7) is 13.3. The van der Waals surface area contributed by atoms with Crippen LogP contribution in [-0.4, -0.2) is 102 Å². The maximum atomic E-state index is 12.9. The molecule has 0 aromatic carbocycles. The molecule has 5 heterocycles. The average molecular weight is 573 g/mol. The van der Waals surface area contributed by atoms with E-state index in [0.29, 0.717) is 6.04 Å². The average Bonchev–Trinajstić information content (AvgIpc) is 3.46. The Labute approximate surface area is 248 Å². The molecular formula is C32H42N7O3+. The maximum Gasteiger partial charge on any atom is 0.273 e. The van der Waals surface area contributed by atoms with Crippen LogP contribution in [0.1, 0.15) is 38.2 Å². The van der Waals surface area contributed by atoms with E-state index in [1.165, 1.54) is 0 Å². The Hall–Kier alpha value is -3.52. The molecule has 1 amide bonds. The normalized spacial score (nSPS) is 23.4. The third-order valence-corrected chi connectivity index (χ3v) is 9.70. The molecule has 3 fully saturated rings. The molecule has 42 heavy (non-hydrogen) atoms. The second-order valence-corrected chi connectivity index (χ2v) is 12.0. The number of nitrogens with zero attached hydrogens (tertiary/aromatic N) is 7. The number of piperazine rings is 1. The maximum absolute atomic E-state index is 12.9. The number of aromatic nitrogens is 3. The van der Waals surface area contributed by atoms with Crippen LogP contribution < -0.4 is 4.90 Å². The zero-order valence-electron chi connectivity index (χ0n) is 25.0. The number of piperidine rings is 1. The van der Waals surface area contributed by atoms with Crippen LogP contribution in [0.15, 0.2) is 42.9 Å². The van der Waals surface area contributed by atoms with Gasteiger partial charge in [0, 0.05) is 102 Å². The van der Waals surface area contributed by atoms with Gasteiger partial charge in [-0.05, 0) is 38.0 Å². The SMILES string of the molecule is C#[N+]C1CC(C(=O)N2CCN(c3ccnn4cc(-c5ccc(C6(OC)CCN([C@H](C)COC)CC6)cn5)cc34)CC2)C1. The smallest absolute Gasteiger partial charge is 0.273 e. The van der Waals surface area contributed by atoms with Crippen LogP contribution in [0.25, 0.3) is 21.6 Å². The van der Waals surface area contributed by atoms with Crippen LogP contribution in [-0.2, 0) is 19.9 Å². The fourth-order valence-corrected chi connectivity index (χ4v) is 6.86. The second-order valence-electron chi connectivity index (χ2n) is 12.0. The third kappa shape index (κ3) is 5.37. The molecule has 10 nitrogen and oxygen atoms in total. The molecule has 0 N–H and O–H groups in total. The van der Waals surface area contributed by atoms with Gasteiger partial charge in [0.05, 0.1) is 35.0 Å². The Morgan fingerprint density at radius 3 is 2.52 bits per heavy atom. The van der Waals surface area contributed by atoms with Gasteiger partial charge in [0.25, 0.3) is 12.6 Å². The van der Waals surface area contributed by atoms with E-state index in [1.807, 2.05) is 35.1 Å². The minimum Gasteiger partial charge on any atom is -0.383 e. The number of fused-ring (bicyclic) bond motifs is 1. The predicted octanol–water partition coefficient (Wildman–Crippen LogP) is 3.76. The van der Waals surface area contributed by atoms with Crippen molar-refractivity contribution in [1.82, 2.24) is 24.4 Å². The summed E-state index contributed by atoms with van der Waals surface area (Å²) in [5, 5.41) is 4.58. The monoisotopic (exact) mass is 572 g/mol. The summed E-state index contributed by atoms with van der Waals surface area (Å²) in [5.74, 6) is 0.320. The number of pyridine rings is 1. The van der Waals surface area contributed by atoms with Crippen molar-refractivity contribution in [2.24, 2.45) is 5.92 Å². The van der Waals surface area contributed by atoms with Crippen molar-refractivity contribution in [3.63, 3.8) is 0 Å². The first kappa shape index (κ1) is 28.6. The minimum absolute atomic E-state index is 0.0738. The molecule has 2 saturated heterocycles. The van der Waals surface area contributed by atoms with Gasteiger partial charge in [0.1, 0.15) is 0 Å². The molecule has 1 atom stereocenters. The Morgan fingerprint density at radius 1 is 1.12 bits per heavy atom. The second kappa shape index (κ2) is 12.0. The van der Waals surface area contributed by atoms with Gasteiger partial charge in [-0.25, -0.2) is 4.52 Å². The lowest BCUT2D eigenvalue weighted by atomic mass is 9.79. The molecular weight excluding hydrogens is 530 g/mol. The van der Waals surface area contributed by atoms with E-state index in [4.69, 9.17) is 21.0 Å². The topological polar surface area (TPSA) is 79.8 Å². The van der Waals surface area contributed by atoms with Crippen LogP contribution in [0.4, 0.5) is 5.69 Å². The molecule has 3 aromatic rings. The van der Waals surface area contributed by atoms with E-state index in [1.54, 1.807) is 7.11 Å². The highest BCUT2D eigenvalue weighted by Crippen LogP contribution is 2.38. The number of hydrogen-bond donors (Lipinski definition) is 0. The fourth-order valence-electron chi connectivity index (χ4n) is 6.86. The van der Waals surface area contributed by atoms with Gasteiger partial charge in [-0.1, -0.05) is 10.9 Å². The lowest BCUT2D eigenvalue weighted by Gasteiger charge is -2.43. The van der Waals surface area contributed by atoms with E-state index >= 15 is 0 Å². The number of hydrogen-bond acceptors (Lipinski definition) is 7. The summed E-state index contributed by atoms with van der Waals surface area (Å²) in [6, 6.07) is 9.03. The number of rotatable bonds is 8. The Morgan fingerprint density at radius 2 is 1.88 bits per heavy atom. The van der Waals surface area contributed by atoms with Gasteiger partial charge >= 0.3 is 0 Å². The van der Waals surface area contributed by atoms with Gasteiger partial charge in [-0.15, -0.1) is 0 Å². The first-order valence-corrected chi connectivity index (χ1v) is 15.1. The number of anilines is 1. The molecule has 222 valence electrons. The van der Waals surface area contributed by atoms with Gasteiger partial charge in [0.2, 0.25) is 5.91 Å². The summed E-state index contributed by atoms with van der Waals surface area (Å²) in [6.07, 6.45) is 9.26. The van der Waals surface area contributed by atoms with Gasteiger partial charge in [-0.3, -0.25) is 14.7 Å². The Bertz CT molecular complexity index is 1430. The third-order valence-electron chi connectivity index (χ3n) is 9.70. The van der Waals surface area contributed by atoms with Gasteiger partial charge in [0.15, 0.2) is 0 Å². The van der Waals surface area contributed by atoms with Crippen molar-refractivity contribution in [2.45, 2.75) is 50.3 Å². The molecule has 0 radical (unpaired) electrons. The number of carbonyl (C=O) groups excluding carboxylic acids is 1. The Kier molecular flexibility index (Phi) is 8.17. The van der Waals surface area contributed by atoms with Crippen molar-refractivity contribution in [2.75, 3.05) is 65.0 Å². The molecule has 0 spiro atoms. The van der Waals surface area contributed by atoms with Crippen molar-refractivity contribution >= 4 is 17.1 Å². The number of amides is 1. The number of ether oxygens (including phenoxy) is 2. The van der Waals surface area contributed by atoms with Crippen LogP contribution in [0.3, 0.4) is 0 Å². The van der Waals surface area contributed by atoms with Gasteiger partial charge in [-0.2, -0.15) is 5.10 Å². The standard InChI is InChI=1S/C32H42N7O3/c1-23(22-41-3)36-11-8-32(42-4,9-12-36)26-5-6-28(34-20-26)25-19-30-29(7-10-35-39(30)21-25)37-13-15-38(16-14-37)31(40)24-17-27(18-24)33-2/h2,5-7,10,19-21,23-24,27H,8-9,11-18,22H2,1,3-4H3/q+1/t23-,24?,27?/m1/s1. The van der Waals surface area contributed by atoms with E-state index in [2.05, 4.69) is 50.9 Å². The van der Waals surface area contributed by atoms with Crippen molar-refractivity contribution in [3.05, 3.63) is 53.3 Å². The summed E-state index contributed by atoms with van der Waals surface area (Å²) >= 11 is 0. The van der Waals surface area contributed by atoms with E-state index in [9.17, 15) is 4.79 Å². The zero-order valence-corrected chi connectivity index (χ0v) is 25.0. The highest BCUT2D eigenvalue weighted by molar-refractivity contribution is 5.81. The highest BCUT2D eigenvalue weighted by Gasteiger charge is 2.43. The highest BCUT2D eigenvalue weighted by atomic mass is 16.5. The lowest BCUT2D eigenvalue weighted by molar-refractivity contribution is -0.138. The molecule has 1 saturated carbocycles. The first-order chi connectivity index (χ1) is 20.4. The van der Waals surface area contributed by atoms with E-state index in [0.717, 1.165) is 99.6 Å². The molecule has 0 bridgehead atoms. The number of carbonyl (C=O) groups is 1. The summed E-state index contributed by atoms with van der Waals surface area (Å²) in [4.78, 5) is 28.4. The number of likely N-dealkylation sites (tertiary alicyclic amines) is 1. The molecule has 1 aliphatic carbocycles. The fraction of sp³-hybridized carbons (Fsp3) is 0.562. The largest absolute Gasteiger partial charge is 0.383 e.